The summed E-state index contributed by atoms with van der Waals surface area (Å²) in [6.07, 6.45) is -5.51. The lowest BCUT2D eigenvalue weighted by molar-refractivity contribution is -0.189. The maximum atomic E-state index is 13.5. The Morgan fingerprint density at radius 2 is 1.66 bits per heavy atom. The van der Waals surface area contributed by atoms with E-state index in [1.54, 1.807) is 37.3 Å². The molecule has 0 spiro atoms. The van der Waals surface area contributed by atoms with Crippen molar-refractivity contribution < 1.29 is 41.8 Å². The minimum absolute atomic E-state index is 0.0118. The van der Waals surface area contributed by atoms with Crippen molar-refractivity contribution >= 4 is 45.2 Å². The monoisotopic (exact) mass is 679 g/mol. The zero-order valence-electron chi connectivity index (χ0n) is 23.7. The van der Waals surface area contributed by atoms with Gasteiger partial charge in [0.1, 0.15) is 17.6 Å². The van der Waals surface area contributed by atoms with Crippen LogP contribution in [-0.4, -0.2) is 42.5 Å². The highest BCUT2D eigenvalue weighted by atomic mass is 79.9. The first-order chi connectivity index (χ1) is 20.7. The number of alkyl halides is 3. The third-order valence-corrected chi connectivity index (χ3v) is 6.35. The first-order valence-electron chi connectivity index (χ1n) is 13.0. The van der Waals surface area contributed by atoms with Gasteiger partial charge in [-0.1, -0.05) is 18.2 Å². The number of carbonyl (C=O) groups excluding carboxylic acids is 3. The number of benzene rings is 3. The van der Waals surface area contributed by atoms with Crippen LogP contribution in [0.4, 0.5) is 18.9 Å². The Balaban J connectivity index is 2.01. The van der Waals surface area contributed by atoms with E-state index in [0.29, 0.717) is 21.5 Å². The van der Waals surface area contributed by atoms with Crippen LogP contribution in [0.1, 0.15) is 48.3 Å². The summed E-state index contributed by atoms with van der Waals surface area (Å²) in [5.74, 6) is -4.55. The van der Waals surface area contributed by atoms with Crippen LogP contribution < -0.4 is 36.1 Å². The van der Waals surface area contributed by atoms with Gasteiger partial charge in [-0.05, 0) is 78.7 Å². The number of anilines is 1. The number of ether oxygens (including phenoxy) is 3. The van der Waals surface area contributed by atoms with Gasteiger partial charge in [-0.15, -0.1) is 0 Å². The lowest BCUT2D eigenvalue weighted by atomic mass is 10.0. The van der Waals surface area contributed by atoms with Gasteiger partial charge in [0.15, 0.2) is 11.5 Å². The number of amidine groups is 1. The number of nitrogen functional groups attached to an aromatic ring is 1. The molecule has 0 bridgehead atoms. The van der Waals surface area contributed by atoms with Gasteiger partial charge in [0.05, 0.1) is 23.8 Å². The molecule has 2 amide bonds. The van der Waals surface area contributed by atoms with Crippen molar-refractivity contribution in [1.29, 1.82) is 5.41 Å². The molecule has 15 heteroatoms. The Kier molecular flexibility index (Phi) is 11.2. The number of amides is 2. The van der Waals surface area contributed by atoms with Crippen molar-refractivity contribution in [3.8, 4) is 17.2 Å². The van der Waals surface area contributed by atoms with E-state index in [-0.39, 0.29) is 29.5 Å². The number of hydrazine groups is 1. The SMILES string of the molecule is CCOc1cc(C(Nc2ccc(C(=N)N)c(OC(=O)C(F)(F)F)c2)C(=O)NNC(=O)c2ccccc2Br)ccc1OC(C)C. The van der Waals surface area contributed by atoms with Gasteiger partial charge in [0.25, 0.3) is 11.8 Å². The van der Waals surface area contributed by atoms with Crippen LogP contribution >= 0.6 is 15.9 Å². The van der Waals surface area contributed by atoms with E-state index in [1.807, 2.05) is 13.8 Å². The van der Waals surface area contributed by atoms with Crippen molar-refractivity contribution in [3.63, 3.8) is 0 Å². The fourth-order valence-electron chi connectivity index (χ4n) is 3.77. The predicted octanol–water partition coefficient (Wildman–Crippen LogP) is 5.00. The van der Waals surface area contributed by atoms with E-state index in [1.165, 1.54) is 18.2 Å². The number of nitrogens with two attached hydrogens (primary N) is 1. The number of hydrogen-bond donors (Lipinski definition) is 5. The maximum Gasteiger partial charge on any atom is 0.491 e. The standard InChI is InChI=1S/C29H29BrF3N5O6/c1-4-42-23-13-16(9-12-21(23)43-15(2)3)24(27(40)38-37-26(39)18-7-5-6-8-20(18)30)36-17-10-11-19(25(34)35)22(14-17)44-28(41)29(31,32)33/h5-15,24,36H,4H2,1-3H3,(H3,34,35)(H,37,39)(H,38,40). The Hall–Kier alpha value is -4.79. The summed E-state index contributed by atoms with van der Waals surface area (Å²) in [5.41, 5.74) is 10.4. The second kappa shape index (κ2) is 14.6. The van der Waals surface area contributed by atoms with Gasteiger partial charge >= 0.3 is 12.1 Å². The normalized spacial score (nSPS) is 11.7. The van der Waals surface area contributed by atoms with Crippen LogP contribution in [0.5, 0.6) is 17.2 Å². The highest BCUT2D eigenvalue weighted by molar-refractivity contribution is 9.10. The van der Waals surface area contributed by atoms with E-state index < -0.39 is 41.6 Å². The van der Waals surface area contributed by atoms with E-state index in [0.717, 1.165) is 12.1 Å². The summed E-state index contributed by atoms with van der Waals surface area (Å²) in [4.78, 5) is 37.8. The Morgan fingerprint density at radius 3 is 2.27 bits per heavy atom. The molecular weight excluding hydrogens is 651 g/mol. The molecule has 44 heavy (non-hydrogen) atoms. The summed E-state index contributed by atoms with van der Waals surface area (Å²) >= 11 is 3.27. The highest BCUT2D eigenvalue weighted by Gasteiger charge is 2.42. The third kappa shape index (κ3) is 8.86. The Bertz CT molecular complexity index is 1550. The number of esters is 1. The molecule has 0 aromatic heterocycles. The minimum Gasteiger partial charge on any atom is -0.490 e. The summed E-state index contributed by atoms with van der Waals surface area (Å²) < 4.78 is 55.2. The van der Waals surface area contributed by atoms with Crippen LogP contribution in [0.3, 0.4) is 0 Å². The van der Waals surface area contributed by atoms with Crippen LogP contribution in [0.2, 0.25) is 0 Å². The van der Waals surface area contributed by atoms with Gasteiger partial charge in [0, 0.05) is 16.2 Å². The molecule has 3 rings (SSSR count). The van der Waals surface area contributed by atoms with Gasteiger partial charge in [0.2, 0.25) is 0 Å². The molecule has 234 valence electrons. The Labute approximate surface area is 258 Å². The number of carbonyl (C=O) groups is 3. The van der Waals surface area contributed by atoms with Crippen molar-refractivity contribution in [2.45, 2.75) is 39.1 Å². The fraction of sp³-hybridized carbons (Fsp3) is 0.241. The topological polar surface area (TPSA) is 165 Å². The van der Waals surface area contributed by atoms with Crippen molar-refractivity contribution in [2.75, 3.05) is 11.9 Å². The van der Waals surface area contributed by atoms with Gasteiger partial charge in [-0.25, -0.2) is 4.79 Å². The number of hydrogen-bond acceptors (Lipinski definition) is 8. The number of halogens is 4. The van der Waals surface area contributed by atoms with Crippen LogP contribution in [0, 0.1) is 5.41 Å². The van der Waals surface area contributed by atoms with Gasteiger partial charge < -0.3 is 25.3 Å². The molecule has 0 heterocycles. The van der Waals surface area contributed by atoms with E-state index >= 15 is 0 Å². The van der Waals surface area contributed by atoms with Crippen molar-refractivity contribution in [1.82, 2.24) is 10.9 Å². The smallest absolute Gasteiger partial charge is 0.490 e. The Morgan fingerprint density at radius 1 is 0.955 bits per heavy atom. The summed E-state index contributed by atoms with van der Waals surface area (Å²) in [7, 11) is 0. The molecule has 3 aromatic carbocycles. The highest BCUT2D eigenvalue weighted by Crippen LogP contribution is 2.34. The molecule has 3 aromatic rings. The van der Waals surface area contributed by atoms with E-state index in [4.69, 9.17) is 20.6 Å². The molecule has 11 nitrogen and oxygen atoms in total. The van der Waals surface area contributed by atoms with Gasteiger partial charge in [-0.3, -0.25) is 25.8 Å². The second-order valence-electron chi connectivity index (χ2n) is 9.32. The summed E-state index contributed by atoms with van der Waals surface area (Å²) in [6.45, 7) is 5.67. The summed E-state index contributed by atoms with van der Waals surface area (Å²) in [5, 5.41) is 10.5. The molecule has 1 unspecified atom stereocenters. The van der Waals surface area contributed by atoms with E-state index in [9.17, 15) is 27.6 Å². The van der Waals surface area contributed by atoms with Gasteiger partial charge in [-0.2, -0.15) is 13.2 Å². The molecule has 0 saturated carbocycles. The second-order valence-corrected chi connectivity index (χ2v) is 10.2. The molecule has 0 radical (unpaired) electrons. The number of nitrogens with one attached hydrogen (secondary N) is 4. The zero-order chi connectivity index (χ0) is 32.6. The van der Waals surface area contributed by atoms with E-state index in [2.05, 4.69) is 36.8 Å². The first kappa shape index (κ1) is 33.7. The van der Waals surface area contributed by atoms with Crippen molar-refractivity contribution in [2.24, 2.45) is 5.73 Å². The summed E-state index contributed by atoms with van der Waals surface area (Å²) in [6, 6.07) is 13.3. The molecule has 0 fully saturated rings. The van der Waals surface area contributed by atoms with Crippen molar-refractivity contribution in [3.05, 3.63) is 81.8 Å². The molecule has 6 N–H and O–H groups in total. The quantitative estimate of drug-likeness (QED) is 0.0621. The molecule has 1 atom stereocenters. The average Bonchev–Trinajstić information content (AvgIpc) is 2.95. The first-order valence-corrected chi connectivity index (χ1v) is 13.8. The molecule has 0 aliphatic carbocycles. The molecule has 0 aliphatic rings. The minimum atomic E-state index is -5.32. The lowest BCUT2D eigenvalue weighted by Crippen LogP contribution is -2.45. The van der Waals surface area contributed by atoms with Crippen LogP contribution in [-0.2, 0) is 9.59 Å². The molecular formula is C29H29BrF3N5O6. The predicted molar refractivity (Wildman–Crippen MR) is 159 cm³/mol. The zero-order valence-corrected chi connectivity index (χ0v) is 25.3. The molecule has 0 saturated heterocycles. The third-order valence-electron chi connectivity index (χ3n) is 5.66. The number of rotatable bonds is 11. The molecule has 0 aliphatic heterocycles. The largest absolute Gasteiger partial charge is 0.491 e. The van der Waals surface area contributed by atoms with Crippen LogP contribution in [0.25, 0.3) is 0 Å². The fourth-order valence-corrected chi connectivity index (χ4v) is 4.24. The average molecular weight is 680 g/mol. The lowest BCUT2D eigenvalue weighted by Gasteiger charge is -2.23. The van der Waals surface area contributed by atoms with Crippen LogP contribution in [0.15, 0.2) is 65.1 Å². The maximum absolute atomic E-state index is 13.5.